The van der Waals surface area contributed by atoms with Crippen LogP contribution in [0, 0.1) is 0 Å². The number of rotatable bonds is 2. The summed E-state index contributed by atoms with van der Waals surface area (Å²) in [5, 5.41) is 0. The van der Waals surface area contributed by atoms with Crippen LogP contribution in [0.5, 0.6) is 0 Å². The molecule has 0 aromatic carbocycles. The molecule has 0 saturated carbocycles. The predicted octanol–water partition coefficient (Wildman–Crippen LogP) is 1.24. The molecule has 9 heavy (non-hydrogen) atoms. The fourth-order valence-electron chi connectivity index (χ4n) is 0.922. The van der Waals surface area contributed by atoms with E-state index in [2.05, 4.69) is 38.6 Å². The van der Waals surface area contributed by atoms with Gasteiger partial charge in [-0.1, -0.05) is 0 Å². The van der Waals surface area contributed by atoms with Crippen LogP contribution in [0.2, 0.25) is 4.25 Å². The Labute approximate surface area is 65.5 Å². The fourth-order valence-corrected chi connectivity index (χ4v) is 4.79. The first-order valence-electron chi connectivity index (χ1n) is 3.64. The van der Waals surface area contributed by atoms with Crippen LogP contribution in [0.15, 0.2) is 0 Å². The van der Waals surface area contributed by atoms with Crippen LogP contribution in [0.1, 0.15) is 27.7 Å². The van der Waals surface area contributed by atoms with Gasteiger partial charge in [-0.05, 0) is 0 Å². The zero-order valence-corrected chi connectivity index (χ0v) is 10.3. The van der Waals surface area contributed by atoms with E-state index in [0.29, 0.717) is 4.25 Å². The van der Waals surface area contributed by atoms with Gasteiger partial charge in [-0.25, -0.2) is 0 Å². The van der Waals surface area contributed by atoms with Gasteiger partial charge in [-0.15, -0.1) is 0 Å². The quantitative estimate of drug-likeness (QED) is 0.592. The topological polar surface area (TPSA) is 3.24 Å². The third-order valence-electron chi connectivity index (χ3n) is 1.28. The van der Waals surface area contributed by atoms with Crippen LogP contribution < -0.4 is 0 Å². The zero-order chi connectivity index (χ0) is 7.49. The first-order chi connectivity index (χ1) is 3.95. The number of nitrogens with zero attached hydrogens (tertiary/aromatic N) is 1. The van der Waals surface area contributed by atoms with Gasteiger partial charge in [0.15, 0.2) is 0 Å². The summed E-state index contributed by atoms with van der Waals surface area (Å²) in [6.07, 6.45) is 0. The third kappa shape index (κ3) is 6.39. The van der Waals surface area contributed by atoms with Gasteiger partial charge in [0.05, 0.1) is 0 Å². The van der Waals surface area contributed by atoms with E-state index in [-0.39, 0.29) is 0 Å². The Balaban J connectivity index is 3.47. The van der Waals surface area contributed by atoms with Crippen molar-refractivity contribution in [3.63, 3.8) is 0 Å². The van der Waals surface area contributed by atoms with E-state index in [0.717, 1.165) is 0 Å². The van der Waals surface area contributed by atoms with Crippen LogP contribution in [-0.4, -0.2) is 33.1 Å². The van der Waals surface area contributed by atoms with Gasteiger partial charge in [0.2, 0.25) is 0 Å². The van der Waals surface area contributed by atoms with Crippen LogP contribution in [0.25, 0.3) is 0 Å². The van der Waals surface area contributed by atoms with Crippen molar-refractivity contribution < 1.29 is 0 Å². The standard InChI is InChI=1S/C7H19GeN/c1-6-9(5)8-7(2,3)4/h6,8H2,1-5H3. The molecule has 1 nitrogen and oxygen atoms in total. The van der Waals surface area contributed by atoms with Gasteiger partial charge in [0.1, 0.15) is 0 Å². The minimum atomic E-state index is -0.405. The molecule has 0 radical (unpaired) electrons. The molecular weight excluding hydrogens is 171 g/mol. The summed E-state index contributed by atoms with van der Waals surface area (Å²) in [5.41, 5.74) is 0. The second-order valence-electron chi connectivity index (χ2n) is 3.89. The Kier molecular flexibility index (Phi) is 3.82. The Morgan fingerprint density at radius 2 is 1.78 bits per heavy atom. The van der Waals surface area contributed by atoms with Crippen molar-refractivity contribution in [1.82, 2.24) is 3.86 Å². The van der Waals surface area contributed by atoms with Crippen molar-refractivity contribution >= 4 is 15.7 Å². The molecule has 0 amide bonds. The first-order valence-corrected chi connectivity index (χ1v) is 6.45. The van der Waals surface area contributed by atoms with Gasteiger partial charge in [-0.2, -0.15) is 0 Å². The summed E-state index contributed by atoms with van der Waals surface area (Å²) in [4.78, 5) is 0. The summed E-state index contributed by atoms with van der Waals surface area (Å²) in [5.74, 6) is 0. The molecule has 2 heteroatoms. The van der Waals surface area contributed by atoms with Crippen molar-refractivity contribution in [2.75, 3.05) is 13.6 Å². The van der Waals surface area contributed by atoms with Gasteiger partial charge in [-0.3, -0.25) is 0 Å². The van der Waals surface area contributed by atoms with Crippen molar-refractivity contribution in [3.05, 3.63) is 0 Å². The van der Waals surface area contributed by atoms with Crippen molar-refractivity contribution in [1.29, 1.82) is 0 Å². The molecule has 0 aliphatic rings. The summed E-state index contributed by atoms with van der Waals surface area (Å²) in [7, 11) is 2.24. The van der Waals surface area contributed by atoms with E-state index in [1.165, 1.54) is 6.54 Å². The van der Waals surface area contributed by atoms with Crippen molar-refractivity contribution in [2.45, 2.75) is 31.9 Å². The van der Waals surface area contributed by atoms with E-state index < -0.39 is 15.7 Å². The molecular formula is C7H19GeN. The molecule has 0 bridgehead atoms. The third-order valence-corrected chi connectivity index (χ3v) is 5.35. The molecule has 0 fully saturated rings. The zero-order valence-electron chi connectivity index (χ0n) is 7.36. The summed E-state index contributed by atoms with van der Waals surface area (Å²) in [6.45, 7) is 10.5. The Hall–Kier alpha value is 0.503. The summed E-state index contributed by atoms with van der Waals surface area (Å²) in [6, 6.07) is 0. The van der Waals surface area contributed by atoms with Gasteiger partial charge in [0, 0.05) is 0 Å². The molecule has 0 N–H and O–H groups in total. The van der Waals surface area contributed by atoms with E-state index in [1.807, 2.05) is 0 Å². The van der Waals surface area contributed by atoms with Crippen molar-refractivity contribution in [3.8, 4) is 0 Å². The van der Waals surface area contributed by atoms with Crippen LogP contribution in [-0.2, 0) is 0 Å². The molecule has 0 saturated heterocycles. The van der Waals surface area contributed by atoms with Crippen LogP contribution in [0.3, 0.4) is 0 Å². The van der Waals surface area contributed by atoms with Gasteiger partial charge < -0.3 is 0 Å². The van der Waals surface area contributed by atoms with Crippen LogP contribution in [0.4, 0.5) is 0 Å². The Morgan fingerprint density at radius 1 is 1.33 bits per heavy atom. The molecule has 0 aromatic rings. The second-order valence-corrected chi connectivity index (χ2v) is 11.3. The number of hydrogen-bond donors (Lipinski definition) is 0. The predicted molar refractivity (Wildman–Crippen MR) is 46.6 cm³/mol. The monoisotopic (exact) mass is 191 g/mol. The second kappa shape index (κ2) is 3.62. The fraction of sp³-hybridized carbons (Fsp3) is 1.00. The Morgan fingerprint density at radius 3 is 1.89 bits per heavy atom. The van der Waals surface area contributed by atoms with Crippen LogP contribution >= 0.6 is 0 Å². The Bertz CT molecular complexity index is 75.5. The molecule has 0 atom stereocenters. The van der Waals surface area contributed by atoms with Gasteiger partial charge >= 0.3 is 65.0 Å². The molecule has 0 spiro atoms. The average Bonchev–Trinajstić information content (AvgIpc) is 1.62. The molecule has 56 valence electrons. The SMILES string of the molecule is CC[N](C)[GeH2][C](C)(C)C. The minimum absolute atomic E-state index is 0.405. The van der Waals surface area contributed by atoms with E-state index >= 15 is 0 Å². The number of hydrogen-bond acceptors (Lipinski definition) is 1. The first kappa shape index (κ1) is 9.50. The van der Waals surface area contributed by atoms with E-state index in [4.69, 9.17) is 0 Å². The molecule has 0 aromatic heterocycles. The molecule has 0 aliphatic carbocycles. The molecule has 0 rings (SSSR count). The van der Waals surface area contributed by atoms with E-state index in [9.17, 15) is 0 Å². The molecule has 0 aliphatic heterocycles. The molecule has 0 unspecified atom stereocenters. The van der Waals surface area contributed by atoms with Gasteiger partial charge in [0.25, 0.3) is 0 Å². The molecule has 0 heterocycles. The summed E-state index contributed by atoms with van der Waals surface area (Å²) < 4.78 is 3.16. The normalized spacial score (nSPS) is 14.0. The summed E-state index contributed by atoms with van der Waals surface area (Å²) >= 11 is -0.405. The maximum absolute atomic E-state index is 2.52. The maximum atomic E-state index is 2.52. The van der Waals surface area contributed by atoms with E-state index in [1.54, 1.807) is 0 Å². The van der Waals surface area contributed by atoms with Crippen molar-refractivity contribution in [2.24, 2.45) is 0 Å². The average molecular weight is 190 g/mol.